The Labute approximate surface area is 80.8 Å². The van der Waals surface area contributed by atoms with Crippen LogP contribution in [0.15, 0.2) is 28.5 Å². The predicted molar refractivity (Wildman–Crippen MR) is 51.9 cm³/mol. The van der Waals surface area contributed by atoms with E-state index in [2.05, 4.69) is 23.1 Å². The molecule has 1 fully saturated rings. The molecule has 0 saturated heterocycles. The second kappa shape index (κ2) is 1.90. The fourth-order valence-electron chi connectivity index (χ4n) is 2.44. The average Bonchev–Trinajstić information content (AvgIpc) is 2.67. The molecule has 2 heterocycles. The molecule has 1 aliphatic heterocycles. The second-order valence-corrected chi connectivity index (χ2v) is 4.20. The van der Waals surface area contributed by atoms with E-state index in [0.717, 1.165) is 5.42 Å². The smallest absolute Gasteiger partial charge is 0.132 e. The molecular weight excluding hydrogens is 176 g/mol. The van der Waals surface area contributed by atoms with Crippen molar-refractivity contribution in [2.24, 2.45) is 5.41 Å². The number of nitrogens with one attached hydrogen (secondary N) is 2. The lowest BCUT2D eigenvalue weighted by Crippen LogP contribution is -2.35. The third-order valence-corrected chi connectivity index (χ3v) is 3.38. The monoisotopic (exact) mass is 186 g/mol. The van der Waals surface area contributed by atoms with Crippen LogP contribution in [-0.4, -0.2) is 0 Å². The minimum atomic E-state index is 0.274. The van der Waals surface area contributed by atoms with Crippen molar-refractivity contribution in [1.82, 2.24) is 10.9 Å². The van der Waals surface area contributed by atoms with Crippen molar-refractivity contribution in [3.63, 3.8) is 0 Å². The summed E-state index contributed by atoms with van der Waals surface area (Å²) in [5.41, 5.74) is 10.2. The summed E-state index contributed by atoms with van der Waals surface area (Å²) < 4.78 is 5.47. The zero-order valence-corrected chi connectivity index (χ0v) is 7.63. The summed E-state index contributed by atoms with van der Waals surface area (Å²) in [7, 11) is 0. The van der Waals surface area contributed by atoms with E-state index < -0.39 is 0 Å². The lowest BCUT2D eigenvalue weighted by molar-refractivity contribution is 0.524. The maximum absolute atomic E-state index is 5.47. The van der Waals surface area contributed by atoms with Crippen molar-refractivity contribution in [2.45, 2.75) is 12.8 Å². The van der Waals surface area contributed by atoms with Crippen LogP contribution in [0.5, 0.6) is 0 Å². The fraction of sp³-hybridized carbons (Fsp3) is 0.273. The van der Waals surface area contributed by atoms with E-state index in [0.29, 0.717) is 0 Å². The molecule has 1 aromatic rings. The lowest BCUT2D eigenvalue weighted by Gasteiger charge is -2.15. The summed E-state index contributed by atoms with van der Waals surface area (Å²) in [4.78, 5) is 0. The van der Waals surface area contributed by atoms with Crippen LogP contribution in [0.1, 0.15) is 12.8 Å². The molecule has 1 saturated carbocycles. The number of hydrazine groups is 1. The molecule has 3 aliphatic rings. The molecule has 0 radical (unpaired) electrons. The SMILES string of the molecule is C1=C2C(=c3ccoc3=CC23CC3)NN1. The minimum absolute atomic E-state index is 0.274. The van der Waals surface area contributed by atoms with E-state index in [-0.39, 0.29) is 5.41 Å². The molecule has 3 heteroatoms. The van der Waals surface area contributed by atoms with Gasteiger partial charge in [-0.2, -0.15) is 0 Å². The van der Waals surface area contributed by atoms with Gasteiger partial charge in [0.2, 0.25) is 0 Å². The van der Waals surface area contributed by atoms with Gasteiger partial charge >= 0.3 is 0 Å². The first kappa shape index (κ1) is 6.76. The van der Waals surface area contributed by atoms with E-state index in [9.17, 15) is 0 Å². The standard InChI is InChI=1S/C11H10N2O/c1-4-14-9-5-11(2-3-11)8-6-12-13-10(8)7(1)9/h1,4-6,12-13H,2-3H2. The van der Waals surface area contributed by atoms with Crippen LogP contribution in [0.4, 0.5) is 0 Å². The van der Waals surface area contributed by atoms with Gasteiger partial charge in [-0.1, -0.05) is 0 Å². The predicted octanol–water partition coefficient (Wildman–Crippen LogP) is -0.0462. The molecule has 0 unspecified atom stereocenters. The third-order valence-electron chi connectivity index (χ3n) is 3.38. The van der Waals surface area contributed by atoms with Crippen molar-refractivity contribution >= 4 is 11.8 Å². The molecule has 70 valence electrons. The Morgan fingerprint density at radius 3 is 3.14 bits per heavy atom. The molecule has 4 rings (SSSR count). The number of fused-ring (bicyclic) bond motifs is 3. The normalized spacial score (nSPS) is 24.3. The molecule has 3 nitrogen and oxygen atoms in total. The van der Waals surface area contributed by atoms with Crippen LogP contribution in [0, 0.1) is 5.41 Å². The highest BCUT2D eigenvalue weighted by molar-refractivity contribution is 5.75. The Hall–Kier alpha value is -1.64. The van der Waals surface area contributed by atoms with E-state index in [1.807, 2.05) is 6.07 Å². The van der Waals surface area contributed by atoms with Gasteiger partial charge in [0.05, 0.1) is 12.0 Å². The Morgan fingerprint density at radius 2 is 2.29 bits per heavy atom. The summed E-state index contributed by atoms with van der Waals surface area (Å²) >= 11 is 0. The third kappa shape index (κ3) is 0.617. The average molecular weight is 186 g/mol. The topological polar surface area (TPSA) is 37.2 Å². The van der Waals surface area contributed by atoms with Gasteiger partial charge in [-0.05, 0) is 25.0 Å². The summed E-state index contributed by atoms with van der Waals surface area (Å²) in [6.07, 6.45) is 8.59. The Morgan fingerprint density at radius 1 is 1.36 bits per heavy atom. The van der Waals surface area contributed by atoms with Crippen LogP contribution < -0.4 is 21.5 Å². The Bertz CT molecular complexity index is 560. The van der Waals surface area contributed by atoms with Gasteiger partial charge in [-0.15, -0.1) is 0 Å². The summed E-state index contributed by atoms with van der Waals surface area (Å²) in [5.74, 6) is 0. The van der Waals surface area contributed by atoms with Crippen molar-refractivity contribution in [1.29, 1.82) is 0 Å². The first-order chi connectivity index (χ1) is 6.89. The molecule has 2 aliphatic carbocycles. The van der Waals surface area contributed by atoms with Crippen molar-refractivity contribution in [3.8, 4) is 0 Å². The summed E-state index contributed by atoms with van der Waals surface area (Å²) in [5, 5.41) is 1.18. The van der Waals surface area contributed by atoms with Crippen LogP contribution in [-0.2, 0) is 0 Å². The highest BCUT2D eigenvalue weighted by atomic mass is 16.3. The molecule has 14 heavy (non-hydrogen) atoms. The maximum Gasteiger partial charge on any atom is 0.132 e. The molecule has 0 bridgehead atoms. The van der Waals surface area contributed by atoms with Gasteiger partial charge in [-0.25, -0.2) is 0 Å². The minimum Gasteiger partial charge on any atom is -0.465 e. The van der Waals surface area contributed by atoms with Crippen molar-refractivity contribution in [2.75, 3.05) is 0 Å². The van der Waals surface area contributed by atoms with Gasteiger partial charge in [0, 0.05) is 22.4 Å². The van der Waals surface area contributed by atoms with Gasteiger partial charge in [0.15, 0.2) is 0 Å². The van der Waals surface area contributed by atoms with Crippen LogP contribution in [0.2, 0.25) is 0 Å². The lowest BCUT2D eigenvalue weighted by atomic mass is 9.90. The van der Waals surface area contributed by atoms with E-state index in [1.165, 1.54) is 29.3 Å². The van der Waals surface area contributed by atoms with Gasteiger partial charge < -0.3 is 15.3 Å². The van der Waals surface area contributed by atoms with Gasteiger partial charge in [0.1, 0.15) is 5.42 Å². The second-order valence-electron chi connectivity index (χ2n) is 4.20. The highest BCUT2D eigenvalue weighted by Crippen LogP contribution is 2.56. The van der Waals surface area contributed by atoms with Crippen LogP contribution >= 0.6 is 0 Å². The Kier molecular flexibility index (Phi) is 0.916. The maximum atomic E-state index is 5.47. The first-order valence-corrected chi connectivity index (χ1v) is 4.92. The van der Waals surface area contributed by atoms with Crippen molar-refractivity contribution < 1.29 is 4.42 Å². The Balaban J connectivity index is 2.20. The number of rotatable bonds is 0. The highest BCUT2D eigenvalue weighted by Gasteiger charge is 2.48. The van der Waals surface area contributed by atoms with E-state index >= 15 is 0 Å². The molecule has 0 atom stereocenters. The summed E-state index contributed by atoms with van der Waals surface area (Å²) in [6, 6.07) is 2.02. The number of hydrogen-bond donors (Lipinski definition) is 2. The van der Waals surface area contributed by atoms with E-state index in [1.54, 1.807) is 6.26 Å². The fourth-order valence-corrected chi connectivity index (χ4v) is 2.44. The van der Waals surface area contributed by atoms with Gasteiger partial charge in [-0.3, -0.25) is 0 Å². The van der Waals surface area contributed by atoms with Gasteiger partial charge in [0.25, 0.3) is 0 Å². The number of furan rings is 1. The van der Waals surface area contributed by atoms with E-state index in [4.69, 9.17) is 4.42 Å². The molecule has 0 aromatic carbocycles. The molecule has 1 aromatic heterocycles. The first-order valence-electron chi connectivity index (χ1n) is 4.92. The zero-order valence-electron chi connectivity index (χ0n) is 7.63. The summed E-state index contributed by atoms with van der Waals surface area (Å²) in [6.45, 7) is 0. The van der Waals surface area contributed by atoms with Crippen LogP contribution in [0.25, 0.3) is 11.8 Å². The molecule has 1 spiro atoms. The molecule has 2 N–H and O–H groups in total. The molecule has 0 amide bonds. The van der Waals surface area contributed by atoms with Crippen molar-refractivity contribution in [3.05, 3.63) is 34.7 Å². The quantitative estimate of drug-likeness (QED) is 0.596. The largest absolute Gasteiger partial charge is 0.465 e. The van der Waals surface area contributed by atoms with Crippen LogP contribution in [0.3, 0.4) is 0 Å². The zero-order chi connectivity index (χ0) is 9.17. The molecular formula is C11H10N2O. The number of hydrogen-bond acceptors (Lipinski definition) is 3.